The Balaban J connectivity index is 2.07. The molecule has 0 aliphatic rings. The summed E-state index contributed by atoms with van der Waals surface area (Å²) in [6.07, 6.45) is 0. The van der Waals surface area contributed by atoms with E-state index < -0.39 is 0 Å². The molecule has 4 heteroatoms. The van der Waals surface area contributed by atoms with Crippen LogP contribution in [0.4, 0.5) is 11.4 Å². The fourth-order valence-electron chi connectivity index (χ4n) is 1.60. The van der Waals surface area contributed by atoms with E-state index in [0.717, 1.165) is 5.56 Å². The molecule has 0 unspecified atom stereocenters. The molecular formula is C16H14N2O2. The molecule has 20 heavy (non-hydrogen) atoms. The Morgan fingerprint density at radius 2 is 1.95 bits per heavy atom. The van der Waals surface area contributed by atoms with Gasteiger partial charge in [0.2, 0.25) is 0 Å². The van der Waals surface area contributed by atoms with Crippen molar-refractivity contribution in [1.82, 2.24) is 0 Å². The molecule has 0 radical (unpaired) electrons. The Morgan fingerprint density at radius 1 is 1.20 bits per heavy atom. The summed E-state index contributed by atoms with van der Waals surface area (Å²) in [4.78, 5) is 11.7. The van der Waals surface area contributed by atoms with E-state index in [1.54, 1.807) is 18.2 Å². The number of hydrogen-bond donors (Lipinski definition) is 2. The van der Waals surface area contributed by atoms with Crippen molar-refractivity contribution in [2.75, 3.05) is 18.2 Å². The van der Waals surface area contributed by atoms with Crippen molar-refractivity contribution in [2.45, 2.75) is 0 Å². The first-order chi connectivity index (χ1) is 9.69. The molecule has 2 aromatic carbocycles. The summed E-state index contributed by atoms with van der Waals surface area (Å²) in [5, 5.41) is 2.67. The Morgan fingerprint density at radius 3 is 2.65 bits per heavy atom. The number of nitrogens with two attached hydrogens (primary N) is 1. The van der Waals surface area contributed by atoms with Gasteiger partial charge in [-0.1, -0.05) is 24.1 Å². The first-order valence-electron chi connectivity index (χ1n) is 6.00. The number of benzene rings is 2. The highest BCUT2D eigenvalue weighted by atomic mass is 16.5. The molecule has 3 N–H and O–H groups in total. The van der Waals surface area contributed by atoms with Gasteiger partial charge in [0.25, 0.3) is 0 Å². The number of rotatable bonds is 2. The average molecular weight is 266 g/mol. The van der Waals surface area contributed by atoms with Crippen LogP contribution in [0.25, 0.3) is 0 Å². The first kappa shape index (κ1) is 13.5. The summed E-state index contributed by atoms with van der Waals surface area (Å²) in [5.41, 5.74) is 7.59. The molecule has 0 atom stereocenters. The van der Waals surface area contributed by atoms with Gasteiger partial charge in [-0.15, -0.1) is 0 Å². The summed E-state index contributed by atoms with van der Waals surface area (Å²) < 4.78 is 5.08. The van der Waals surface area contributed by atoms with Gasteiger partial charge in [0.15, 0.2) is 0 Å². The minimum atomic E-state index is -0.388. The lowest BCUT2D eigenvalue weighted by Gasteiger charge is -2.06. The van der Waals surface area contributed by atoms with Crippen molar-refractivity contribution in [3.63, 3.8) is 0 Å². The molecule has 4 nitrogen and oxygen atoms in total. The number of ether oxygens (including phenoxy) is 1. The molecule has 0 aliphatic carbocycles. The van der Waals surface area contributed by atoms with E-state index in [1.807, 2.05) is 30.3 Å². The van der Waals surface area contributed by atoms with Gasteiger partial charge in [-0.05, 0) is 24.3 Å². The lowest BCUT2D eigenvalue weighted by atomic mass is 10.2. The fourth-order valence-corrected chi connectivity index (χ4v) is 1.60. The molecule has 0 saturated heterocycles. The van der Waals surface area contributed by atoms with Crippen molar-refractivity contribution in [3.8, 4) is 17.6 Å². The third-order valence-corrected chi connectivity index (χ3v) is 2.59. The number of hydrogen-bond acceptors (Lipinski definition) is 3. The maximum atomic E-state index is 11.7. The van der Waals surface area contributed by atoms with Gasteiger partial charge in [-0.3, -0.25) is 4.79 Å². The SMILES string of the molecule is COc1cc(NC(=O)C#Cc2ccccc2)ccc1N. The van der Waals surface area contributed by atoms with E-state index in [0.29, 0.717) is 17.1 Å². The van der Waals surface area contributed by atoms with Gasteiger partial charge in [-0.25, -0.2) is 0 Å². The number of carbonyl (C=O) groups is 1. The molecule has 0 saturated carbocycles. The van der Waals surface area contributed by atoms with Gasteiger partial charge in [-0.2, -0.15) is 0 Å². The van der Waals surface area contributed by atoms with Crippen LogP contribution in [0.15, 0.2) is 48.5 Å². The van der Waals surface area contributed by atoms with Gasteiger partial charge >= 0.3 is 5.91 Å². The predicted molar refractivity (Wildman–Crippen MR) is 79.4 cm³/mol. The van der Waals surface area contributed by atoms with Crippen LogP contribution in [-0.4, -0.2) is 13.0 Å². The second kappa shape index (κ2) is 6.30. The van der Waals surface area contributed by atoms with Crippen LogP contribution in [0.1, 0.15) is 5.56 Å². The molecule has 2 aromatic rings. The number of amides is 1. The van der Waals surface area contributed by atoms with Crippen molar-refractivity contribution >= 4 is 17.3 Å². The highest BCUT2D eigenvalue weighted by Gasteiger charge is 2.03. The standard InChI is InChI=1S/C16H14N2O2/c1-20-15-11-13(8-9-14(15)17)18-16(19)10-7-12-5-3-2-4-6-12/h2-6,8-9,11H,17H2,1H3,(H,18,19). The van der Waals surface area contributed by atoms with E-state index in [9.17, 15) is 4.79 Å². The highest BCUT2D eigenvalue weighted by Crippen LogP contribution is 2.24. The molecule has 100 valence electrons. The molecule has 0 bridgehead atoms. The van der Waals surface area contributed by atoms with Gasteiger partial charge in [0.1, 0.15) is 5.75 Å². The van der Waals surface area contributed by atoms with Gasteiger partial charge in [0.05, 0.1) is 12.8 Å². The zero-order valence-corrected chi connectivity index (χ0v) is 11.0. The Labute approximate surface area is 117 Å². The molecule has 0 fully saturated rings. The van der Waals surface area contributed by atoms with Gasteiger partial charge < -0.3 is 15.8 Å². The van der Waals surface area contributed by atoms with Crippen molar-refractivity contribution in [1.29, 1.82) is 0 Å². The lowest BCUT2D eigenvalue weighted by Crippen LogP contribution is -2.08. The number of carbonyl (C=O) groups excluding carboxylic acids is 1. The van der Waals surface area contributed by atoms with Crippen LogP contribution in [0.5, 0.6) is 5.75 Å². The Kier molecular flexibility index (Phi) is 4.25. The summed E-state index contributed by atoms with van der Waals surface area (Å²) in [5.74, 6) is 5.44. The van der Waals surface area contributed by atoms with Crippen LogP contribution < -0.4 is 15.8 Å². The number of methoxy groups -OCH3 is 1. The van der Waals surface area contributed by atoms with Crippen LogP contribution in [0.3, 0.4) is 0 Å². The third kappa shape index (κ3) is 3.53. The van der Waals surface area contributed by atoms with E-state index >= 15 is 0 Å². The number of anilines is 2. The highest BCUT2D eigenvalue weighted by molar-refractivity contribution is 6.04. The Bertz CT molecular complexity index is 670. The largest absolute Gasteiger partial charge is 0.495 e. The van der Waals surface area contributed by atoms with Crippen LogP contribution >= 0.6 is 0 Å². The van der Waals surface area contributed by atoms with Gasteiger partial charge in [0, 0.05) is 23.2 Å². The van der Waals surface area contributed by atoms with E-state index in [-0.39, 0.29) is 5.91 Å². The number of nitrogen functional groups attached to an aromatic ring is 1. The summed E-state index contributed by atoms with van der Waals surface area (Å²) in [6, 6.07) is 14.3. The molecule has 0 aromatic heterocycles. The lowest BCUT2D eigenvalue weighted by molar-refractivity contribution is -0.111. The van der Waals surface area contributed by atoms with Crippen LogP contribution in [0.2, 0.25) is 0 Å². The fraction of sp³-hybridized carbons (Fsp3) is 0.0625. The monoisotopic (exact) mass is 266 g/mol. The molecule has 1 amide bonds. The zero-order chi connectivity index (χ0) is 14.4. The minimum Gasteiger partial charge on any atom is -0.495 e. The Hall–Kier alpha value is -2.93. The smallest absolute Gasteiger partial charge is 0.300 e. The zero-order valence-electron chi connectivity index (χ0n) is 11.0. The maximum Gasteiger partial charge on any atom is 0.300 e. The van der Waals surface area contributed by atoms with Crippen molar-refractivity contribution in [2.24, 2.45) is 0 Å². The summed E-state index contributed by atoms with van der Waals surface area (Å²) >= 11 is 0. The normalized spacial score (nSPS) is 9.25. The molecular weight excluding hydrogens is 252 g/mol. The van der Waals surface area contributed by atoms with Crippen molar-refractivity contribution in [3.05, 3.63) is 54.1 Å². The third-order valence-electron chi connectivity index (χ3n) is 2.59. The van der Waals surface area contributed by atoms with E-state index in [4.69, 9.17) is 10.5 Å². The van der Waals surface area contributed by atoms with E-state index in [2.05, 4.69) is 17.2 Å². The van der Waals surface area contributed by atoms with Crippen LogP contribution in [0, 0.1) is 11.8 Å². The molecule has 0 spiro atoms. The second-order valence-corrected chi connectivity index (χ2v) is 4.03. The quantitative estimate of drug-likeness (QED) is 0.647. The molecule has 0 heterocycles. The average Bonchev–Trinajstić information content (AvgIpc) is 2.48. The van der Waals surface area contributed by atoms with Crippen molar-refractivity contribution < 1.29 is 9.53 Å². The predicted octanol–water partition coefficient (Wildman–Crippen LogP) is 2.27. The molecule has 0 aliphatic heterocycles. The maximum absolute atomic E-state index is 11.7. The minimum absolute atomic E-state index is 0.388. The molecule has 2 rings (SSSR count). The summed E-state index contributed by atoms with van der Waals surface area (Å²) in [7, 11) is 1.52. The second-order valence-electron chi connectivity index (χ2n) is 4.03. The first-order valence-corrected chi connectivity index (χ1v) is 6.00. The van der Waals surface area contributed by atoms with Crippen LogP contribution in [-0.2, 0) is 4.79 Å². The van der Waals surface area contributed by atoms with E-state index in [1.165, 1.54) is 7.11 Å². The summed E-state index contributed by atoms with van der Waals surface area (Å²) in [6.45, 7) is 0. The number of nitrogens with one attached hydrogen (secondary N) is 1. The topological polar surface area (TPSA) is 64.3 Å².